The highest BCUT2D eigenvalue weighted by atomic mass is 35.5. The monoisotopic (exact) mass is 285 g/mol. The summed E-state index contributed by atoms with van der Waals surface area (Å²) in [6.45, 7) is 6.64. The second-order valence-electron chi connectivity index (χ2n) is 5.89. The lowest BCUT2D eigenvalue weighted by atomic mass is 9.85. The quantitative estimate of drug-likeness (QED) is 0.665. The van der Waals surface area contributed by atoms with Crippen molar-refractivity contribution in [3.8, 4) is 11.3 Å². The Bertz CT molecular complexity index is 769. The van der Waals surface area contributed by atoms with Gasteiger partial charge >= 0.3 is 0 Å². The van der Waals surface area contributed by atoms with Gasteiger partial charge in [0.05, 0.1) is 5.69 Å². The van der Waals surface area contributed by atoms with Crippen LogP contribution >= 0.6 is 11.6 Å². The van der Waals surface area contributed by atoms with E-state index in [1.165, 1.54) is 5.56 Å². The molecule has 0 radical (unpaired) electrons. The van der Waals surface area contributed by atoms with Crippen molar-refractivity contribution in [1.29, 1.82) is 0 Å². The van der Waals surface area contributed by atoms with E-state index in [0.717, 1.165) is 22.2 Å². The van der Waals surface area contributed by atoms with Gasteiger partial charge in [-0.2, -0.15) is 0 Å². The van der Waals surface area contributed by atoms with E-state index in [0.29, 0.717) is 0 Å². The first kappa shape index (κ1) is 13.1. The Labute approximate surface area is 123 Å². The fourth-order valence-corrected chi connectivity index (χ4v) is 2.62. The number of nitrogens with zero attached hydrogens (tertiary/aromatic N) is 2. The predicted octanol–water partition coefficient (Wildman–Crippen LogP) is 4.58. The summed E-state index contributed by atoms with van der Waals surface area (Å²) >= 11 is 5.88. The Morgan fingerprint density at radius 1 is 1.15 bits per heavy atom. The molecule has 3 nitrogen and oxygen atoms in total. The molecule has 20 heavy (non-hydrogen) atoms. The second-order valence-corrected chi connectivity index (χ2v) is 6.23. The van der Waals surface area contributed by atoms with Crippen molar-refractivity contribution in [3.05, 3.63) is 47.5 Å². The minimum absolute atomic E-state index is 0.0882. The summed E-state index contributed by atoms with van der Waals surface area (Å²) in [5.41, 5.74) is 4.43. The maximum absolute atomic E-state index is 5.88. The van der Waals surface area contributed by atoms with E-state index in [1.807, 2.05) is 12.3 Å². The van der Waals surface area contributed by atoms with Crippen molar-refractivity contribution < 1.29 is 0 Å². The lowest BCUT2D eigenvalue weighted by Crippen LogP contribution is -2.11. The van der Waals surface area contributed by atoms with Crippen LogP contribution in [0, 0.1) is 0 Å². The molecular formula is C16H16ClN3. The van der Waals surface area contributed by atoms with Gasteiger partial charge in [0.1, 0.15) is 0 Å². The Morgan fingerprint density at radius 2 is 1.95 bits per heavy atom. The third-order valence-electron chi connectivity index (χ3n) is 3.43. The van der Waals surface area contributed by atoms with Gasteiger partial charge in [0.15, 0.2) is 0 Å². The zero-order valence-electron chi connectivity index (χ0n) is 11.7. The number of H-pyrrole nitrogens is 1. The van der Waals surface area contributed by atoms with Gasteiger partial charge < -0.3 is 4.98 Å². The zero-order chi connectivity index (χ0) is 14.3. The Kier molecular flexibility index (Phi) is 3.02. The summed E-state index contributed by atoms with van der Waals surface area (Å²) in [5.74, 6) is 0. The molecule has 0 saturated heterocycles. The smallest absolute Gasteiger partial charge is 0.222 e. The number of rotatable bonds is 1. The first-order chi connectivity index (χ1) is 9.47. The maximum Gasteiger partial charge on any atom is 0.222 e. The van der Waals surface area contributed by atoms with Crippen molar-refractivity contribution in [2.45, 2.75) is 26.2 Å². The van der Waals surface area contributed by atoms with Crippen LogP contribution in [0.5, 0.6) is 0 Å². The van der Waals surface area contributed by atoms with Gasteiger partial charge in [-0.05, 0) is 28.6 Å². The van der Waals surface area contributed by atoms with E-state index in [4.69, 9.17) is 11.6 Å². The number of benzene rings is 1. The lowest BCUT2D eigenvalue weighted by molar-refractivity contribution is 0.595. The molecule has 0 spiro atoms. The molecule has 102 valence electrons. The summed E-state index contributed by atoms with van der Waals surface area (Å²) in [6.07, 6.45) is 3.66. The van der Waals surface area contributed by atoms with E-state index in [1.54, 1.807) is 6.20 Å². The molecule has 0 amide bonds. The number of nitrogens with one attached hydrogen (secondary N) is 1. The zero-order valence-corrected chi connectivity index (χ0v) is 12.5. The fraction of sp³-hybridized carbons (Fsp3) is 0.250. The van der Waals surface area contributed by atoms with Crippen molar-refractivity contribution >= 4 is 22.5 Å². The fourth-order valence-electron chi connectivity index (χ4n) is 2.48. The number of aromatic nitrogens is 3. The molecule has 0 unspecified atom stereocenters. The average Bonchev–Trinajstić information content (AvgIpc) is 2.81. The number of halogens is 1. The normalized spacial score (nSPS) is 12.0. The Balaban J connectivity index is 2.25. The highest BCUT2D eigenvalue weighted by molar-refractivity contribution is 6.28. The summed E-state index contributed by atoms with van der Waals surface area (Å²) in [7, 11) is 0. The third kappa shape index (κ3) is 2.18. The Hall–Kier alpha value is -1.87. The van der Waals surface area contributed by atoms with E-state index in [2.05, 4.69) is 53.9 Å². The van der Waals surface area contributed by atoms with Gasteiger partial charge in [-0.25, -0.2) is 9.97 Å². The van der Waals surface area contributed by atoms with Crippen LogP contribution in [0.4, 0.5) is 0 Å². The minimum Gasteiger partial charge on any atom is -0.360 e. The summed E-state index contributed by atoms with van der Waals surface area (Å²) < 4.78 is 0. The van der Waals surface area contributed by atoms with E-state index in [-0.39, 0.29) is 10.7 Å². The first-order valence-corrected chi connectivity index (χ1v) is 6.94. The molecule has 1 N–H and O–H groups in total. The van der Waals surface area contributed by atoms with E-state index in [9.17, 15) is 0 Å². The largest absolute Gasteiger partial charge is 0.360 e. The van der Waals surface area contributed by atoms with Gasteiger partial charge in [-0.15, -0.1) is 0 Å². The lowest BCUT2D eigenvalue weighted by Gasteiger charge is -2.19. The van der Waals surface area contributed by atoms with Crippen LogP contribution < -0.4 is 0 Å². The number of hydrogen-bond acceptors (Lipinski definition) is 2. The minimum atomic E-state index is 0.0882. The molecule has 0 aliphatic carbocycles. The van der Waals surface area contributed by atoms with Crippen LogP contribution in [0.1, 0.15) is 26.3 Å². The molecule has 4 heteroatoms. The number of fused-ring (bicyclic) bond motifs is 1. The number of aromatic amines is 1. The summed E-state index contributed by atoms with van der Waals surface area (Å²) in [5, 5.41) is 1.43. The van der Waals surface area contributed by atoms with Crippen LogP contribution in [0.2, 0.25) is 5.28 Å². The van der Waals surface area contributed by atoms with Crippen LogP contribution in [0.15, 0.2) is 36.7 Å². The van der Waals surface area contributed by atoms with Gasteiger partial charge in [-0.1, -0.05) is 39.0 Å². The molecule has 0 fully saturated rings. The molecule has 0 aliphatic heterocycles. The highest BCUT2D eigenvalue weighted by Crippen LogP contribution is 2.34. The predicted molar refractivity (Wildman–Crippen MR) is 83.0 cm³/mol. The maximum atomic E-state index is 5.88. The Morgan fingerprint density at radius 3 is 2.65 bits per heavy atom. The second kappa shape index (κ2) is 4.60. The number of hydrogen-bond donors (Lipinski definition) is 1. The molecule has 0 atom stereocenters. The molecule has 2 aromatic heterocycles. The van der Waals surface area contributed by atoms with Crippen LogP contribution in [-0.2, 0) is 5.41 Å². The van der Waals surface area contributed by atoms with Gasteiger partial charge in [0, 0.05) is 28.9 Å². The third-order valence-corrected chi connectivity index (χ3v) is 3.61. The first-order valence-electron chi connectivity index (χ1n) is 6.56. The van der Waals surface area contributed by atoms with Crippen LogP contribution in [0.3, 0.4) is 0 Å². The molecular weight excluding hydrogens is 270 g/mol. The van der Waals surface area contributed by atoms with E-state index < -0.39 is 0 Å². The standard InChI is InChI=1S/C16H16ClN3/c1-16(2,3)12-6-4-5-10-11(9-19-14(10)12)13-7-8-18-15(17)20-13/h4-9,19H,1-3H3. The molecule has 0 bridgehead atoms. The van der Waals surface area contributed by atoms with Crippen LogP contribution in [-0.4, -0.2) is 15.0 Å². The molecule has 2 heterocycles. The van der Waals surface area contributed by atoms with Crippen molar-refractivity contribution in [2.24, 2.45) is 0 Å². The molecule has 3 aromatic rings. The molecule has 0 saturated carbocycles. The summed E-state index contributed by atoms with van der Waals surface area (Å²) in [6, 6.07) is 8.23. The average molecular weight is 286 g/mol. The molecule has 3 rings (SSSR count). The molecule has 1 aromatic carbocycles. The summed E-state index contributed by atoms with van der Waals surface area (Å²) in [4.78, 5) is 11.6. The number of para-hydroxylation sites is 1. The van der Waals surface area contributed by atoms with E-state index >= 15 is 0 Å². The van der Waals surface area contributed by atoms with Crippen molar-refractivity contribution in [2.75, 3.05) is 0 Å². The SMILES string of the molecule is CC(C)(C)c1cccc2c(-c3ccnc(Cl)n3)c[nH]c12. The van der Waals surface area contributed by atoms with Gasteiger partial charge in [0.2, 0.25) is 5.28 Å². The highest BCUT2D eigenvalue weighted by Gasteiger charge is 2.19. The van der Waals surface area contributed by atoms with Gasteiger partial charge in [-0.3, -0.25) is 0 Å². The topological polar surface area (TPSA) is 41.6 Å². The van der Waals surface area contributed by atoms with Crippen LogP contribution in [0.25, 0.3) is 22.2 Å². The molecule has 0 aliphatic rings. The van der Waals surface area contributed by atoms with Crippen molar-refractivity contribution in [3.63, 3.8) is 0 Å². The van der Waals surface area contributed by atoms with Gasteiger partial charge in [0.25, 0.3) is 0 Å². The van der Waals surface area contributed by atoms with Crippen molar-refractivity contribution in [1.82, 2.24) is 15.0 Å².